The molecule has 3 aromatic rings. The molecule has 0 radical (unpaired) electrons. The molecule has 1 aliphatic rings. The highest BCUT2D eigenvalue weighted by Crippen LogP contribution is 2.26. The van der Waals surface area contributed by atoms with Gasteiger partial charge in [0.15, 0.2) is 0 Å². The minimum atomic E-state index is -0.422. The van der Waals surface area contributed by atoms with Gasteiger partial charge in [-0.1, -0.05) is 42.0 Å². The van der Waals surface area contributed by atoms with Gasteiger partial charge in [-0.25, -0.2) is 4.98 Å². The number of carbonyl (C=O) groups excluding carboxylic acids is 2. The Morgan fingerprint density at radius 1 is 1.19 bits per heavy atom. The molecule has 166 valence electrons. The van der Waals surface area contributed by atoms with Gasteiger partial charge in [-0.15, -0.1) is 0 Å². The summed E-state index contributed by atoms with van der Waals surface area (Å²) in [5, 5.41) is 3.13. The van der Waals surface area contributed by atoms with E-state index < -0.39 is 12.0 Å². The van der Waals surface area contributed by atoms with Crippen LogP contribution in [0.25, 0.3) is 0 Å². The molecule has 1 saturated heterocycles. The smallest absolute Gasteiger partial charge is 0.226 e. The van der Waals surface area contributed by atoms with Crippen LogP contribution in [-0.4, -0.2) is 39.9 Å². The van der Waals surface area contributed by atoms with Crippen LogP contribution in [0.4, 0.5) is 0 Å². The molecule has 1 aromatic heterocycles. The number of benzene rings is 2. The Morgan fingerprint density at radius 3 is 2.53 bits per heavy atom. The lowest BCUT2D eigenvalue weighted by molar-refractivity contribution is -0.129. The van der Waals surface area contributed by atoms with Gasteiger partial charge in [-0.3, -0.25) is 9.59 Å². The highest BCUT2D eigenvalue weighted by molar-refractivity contribution is 5.89. The fourth-order valence-electron chi connectivity index (χ4n) is 4.02. The van der Waals surface area contributed by atoms with E-state index in [2.05, 4.69) is 10.3 Å². The van der Waals surface area contributed by atoms with Gasteiger partial charge < -0.3 is 19.5 Å². The predicted molar refractivity (Wildman–Crippen MR) is 121 cm³/mol. The SMILES string of the molecule is COc1ccc(C(NC(=O)C2CC(=O)N(Cc3ccc(C)cc3)C2)c2nccn2C)cc1. The number of carbonyl (C=O) groups is 2. The third-order valence-corrected chi connectivity index (χ3v) is 5.93. The number of aryl methyl sites for hydroxylation is 2. The van der Waals surface area contributed by atoms with Gasteiger partial charge in [0.05, 0.1) is 13.0 Å². The average Bonchev–Trinajstić information content (AvgIpc) is 3.39. The zero-order valence-corrected chi connectivity index (χ0v) is 18.6. The molecule has 7 nitrogen and oxygen atoms in total. The van der Waals surface area contributed by atoms with Gasteiger partial charge in [0.2, 0.25) is 11.8 Å². The number of imidazole rings is 1. The maximum atomic E-state index is 13.2. The first-order chi connectivity index (χ1) is 15.4. The Balaban J connectivity index is 1.48. The van der Waals surface area contributed by atoms with E-state index >= 15 is 0 Å². The maximum absolute atomic E-state index is 13.2. The molecule has 2 atom stereocenters. The van der Waals surface area contributed by atoms with Crippen LogP contribution in [0.3, 0.4) is 0 Å². The third-order valence-electron chi connectivity index (χ3n) is 5.93. The average molecular weight is 433 g/mol. The summed E-state index contributed by atoms with van der Waals surface area (Å²) in [4.78, 5) is 32.0. The second-order valence-corrected chi connectivity index (χ2v) is 8.27. The second kappa shape index (κ2) is 9.26. The van der Waals surface area contributed by atoms with Crippen LogP contribution in [0.2, 0.25) is 0 Å². The molecular weight excluding hydrogens is 404 g/mol. The molecule has 2 unspecified atom stereocenters. The number of nitrogens with one attached hydrogen (secondary N) is 1. The predicted octanol–water partition coefficient (Wildman–Crippen LogP) is 2.99. The largest absolute Gasteiger partial charge is 0.497 e. The Bertz CT molecular complexity index is 1090. The monoisotopic (exact) mass is 432 g/mol. The molecule has 4 rings (SSSR count). The van der Waals surface area contributed by atoms with Crippen molar-refractivity contribution in [1.82, 2.24) is 19.8 Å². The lowest BCUT2D eigenvalue weighted by Crippen LogP contribution is -2.37. The van der Waals surface area contributed by atoms with Gasteiger partial charge in [-0.05, 0) is 30.2 Å². The Morgan fingerprint density at radius 2 is 1.91 bits per heavy atom. The Kier molecular flexibility index (Phi) is 6.25. The van der Waals surface area contributed by atoms with Crippen molar-refractivity contribution in [3.05, 3.63) is 83.4 Å². The molecule has 0 bridgehead atoms. The number of hydrogen-bond acceptors (Lipinski definition) is 4. The minimum Gasteiger partial charge on any atom is -0.497 e. The van der Waals surface area contributed by atoms with Crippen molar-refractivity contribution in [2.75, 3.05) is 13.7 Å². The van der Waals surface area contributed by atoms with Gasteiger partial charge >= 0.3 is 0 Å². The molecule has 32 heavy (non-hydrogen) atoms. The van der Waals surface area contributed by atoms with E-state index in [1.165, 1.54) is 5.56 Å². The lowest BCUT2D eigenvalue weighted by Gasteiger charge is -2.22. The van der Waals surface area contributed by atoms with Gasteiger partial charge in [-0.2, -0.15) is 0 Å². The van der Waals surface area contributed by atoms with Crippen LogP contribution in [0, 0.1) is 12.8 Å². The standard InChI is InChI=1S/C25H28N4O3/c1-17-4-6-18(7-5-17)15-29-16-20(14-22(29)30)25(31)27-23(24-26-12-13-28(24)2)19-8-10-21(32-3)11-9-19/h4-13,20,23H,14-16H2,1-3H3,(H,27,31). The fourth-order valence-corrected chi connectivity index (χ4v) is 4.02. The lowest BCUT2D eigenvalue weighted by atomic mass is 10.0. The first-order valence-electron chi connectivity index (χ1n) is 10.7. The summed E-state index contributed by atoms with van der Waals surface area (Å²) >= 11 is 0. The van der Waals surface area contributed by atoms with E-state index in [0.29, 0.717) is 13.1 Å². The van der Waals surface area contributed by atoms with Crippen LogP contribution in [0.5, 0.6) is 5.75 Å². The molecule has 0 saturated carbocycles. The number of likely N-dealkylation sites (tertiary alicyclic amines) is 1. The van der Waals surface area contributed by atoms with Crippen LogP contribution in [0.15, 0.2) is 60.9 Å². The normalized spacial score (nSPS) is 16.8. The van der Waals surface area contributed by atoms with Crippen molar-refractivity contribution in [3.8, 4) is 5.75 Å². The molecule has 1 fully saturated rings. The first-order valence-corrected chi connectivity index (χ1v) is 10.7. The number of amides is 2. The summed E-state index contributed by atoms with van der Waals surface area (Å²) < 4.78 is 7.14. The van der Waals surface area contributed by atoms with E-state index in [1.807, 2.05) is 73.3 Å². The van der Waals surface area contributed by atoms with E-state index in [0.717, 1.165) is 22.7 Å². The Labute approximate surface area is 188 Å². The summed E-state index contributed by atoms with van der Waals surface area (Å²) in [6, 6.07) is 15.3. The zero-order valence-electron chi connectivity index (χ0n) is 18.6. The van der Waals surface area contributed by atoms with Crippen molar-refractivity contribution in [1.29, 1.82) is 0 Å². The van der Waals surface area contributed by atoms with Crippen LogP contribution >= 0.6 is 0 Å². The Hall–Kier alpha value is -3.61. The molecule has 7 heteroatoms. The highest BCUT2D eigenvalue weighted by Gasteiger charge is 2.35. The van der Waals surface area contributed by atoms with Gasteiger partial charge in [0.1, 0.15) is 17.6 Å². The molecule has 1 aliphatic heterocycles. The van der Waals surface area contributed by atoms with Crippen molar-refractivity contribution < 1.29 is 14.3 Å². The molecule has 1 N–H and O–H groups in total. The highest BCUT2D eigenvalue weighted by atomic mass is 16.5. The van der Waals surface area contributed by atoms with Gasteiger partial charge in [0, 0.05) is 39.0 Å². The van der Waals surface area contributed by atoms with Gasteiger partial charge in [0.25, 0.3) is 0 Å². The molecule has 2 aromatic carbocycles. The minimum absolute atomic E-state index is 0.00344. The summed E-state index contributed by atoms with van der Waals surface area (Å²) in [5.74, 6) is 0.933. The topological polar surface area (TPSA) is 76.5 Å². The van der Waals surface area contributed by atoms with Crippen molar-refractivity contribution in [2.24, 2.45) is 13.0 Å². The number of rotatable bonds is 7. The third kappa shape index (κ3) is 4.66. The summed E-state index contributed by atoms with van der Waals surface area (Å²) in [6.07, 6.45) is 3.77. The number of ether oxygens (including phenoxy) is 1. The fraction of sp³-hybridized carbons (Fsp3) is 0.320. The van der Waals surface area contributed by atoms with Crippen molar-refractivity contribution in [2.45, 2.75) is 25.9 Å². The maximum Gasteiger partial charge on any atom is 0.226 e. The summed E-state index contributed by atoms with van der Waals surface area (Å²) in [5.41, 5.74) is 3.14. The second-order valence-electron chi connectivity index (χ2n) is 8.27. The number of methoxy groups -OCH3 is 1. The number of nitrogens with zero attached hydrogens (tertiary/aromatic N) is 3. The molecule has 0 spiro atoms. The van der Waals surface area contributed by atoms with E-state index in [9.17, 15) is 9.59 Å². The van der Waals surface area contributed by atoms with Crippen molar-refractivity contribution in [3.63, 3.8) is 0 Å². The zero-order chi connectivity index (χ0) is 22.7. The molecule has 0 aliphatic carbocycles. The quantitative estimate of drug-likeness (QED) is 0.623. The summed E-state index contributed by atoms with van der Waals surface area (Å²) in [6.45, 7) is 2.96. The van der Waals surface area contributed by atoms with Crippen LogP contribution in [-0.2, 0) is 23.2 Å². The first kappa shape index (κ1) is 21.6. The van der Waals surface area contributed by atoms with E-state index in [4.69, 9.17) is 4.74 Å². The van der Waals surface area contributed by atoms with Crippen LogP contribution in [0.1, 0.15) is 35.0 Å². The molecule has 2 amide bonds. The molecular formula is C25H28N4O3. The van der Waals surface area contributed by atoms with E-state index in [-0.39, 0.29) is 18.2 Å². The number of hydrogen-bond donors (Lipinski definition) is 1. The summed E-state index contributed by atoms with van der Waals surface area (Å²) in [7, 11) is 3.51. The molecule has 2 heterocycles. The van der Waals surface area contributed by atoms with E-state index in [1.54, 1.807) is 18.2 Å². The van der Waals surface area contributed by atoms with Crippen molar-refractivity contribution >= 4 is 11.8 Å². The number of aromatic nitrogens is 2. The van der Waals surface area contributed by atoms with Crippen LogP contribution < -0.4 is 10.1 Å².